The lowest BCUT2D eigenvalue weighted by molar-refractivity contribution is 0.0204. The molecule has 2 aromatic rings. The number of rotatable bonds is 1. The fourth-order valence-electron chi connectivity index (χ4n) is 3.00. The van der Waals surface area contributed by atoms with Crippen molar-refractivity contribution in [2.75, 3.05) is 18.8 Å². The van der Waals surface area contributed by atoms with E-state index >= 15 is 0 Å². The second-order valence-electron chi connectivity index (χ2n) is 7.06. The van der Waals surface area contributed by atoms with Gasteiger partial charge >= 0.3 is 6.09 Å². The molecule has 24 heavy (non-hydrogen) atoms. The molecule has 3 rings (SSSR count). The highest BCUT2D eigenvalue weighted by atomic mass is 79.9. The fourth-order valence-corrected chi connectivity index (χ4v) is 3.35. The van der Waals surface area contributed by atoms with Crippen LogP contribution in [0.2, 0.25) is 0 Å². The van der Waals surface area contributed by atoms with Gasteiger partial charge < -0.3 is 15.4 Å². The molecule has 3 heterocycles. The first-order valence-corrected chi connectivity index (χ1v) is 8.82. The number of nitrogen functional groups attached to an aromatic ring is 1. The Hall–Kier alpha value is -1.83. The third kappa shape index (κ3) is 3.48. The van der Waals surface area contributed by atoms with E-state index in [1.807, 2.05) is 37.4 Å². The van der Waals surface area contributed by atoms with E-state index in [0.717, 1.165) is 24.1 Å². The van der Waals surface area contributed by atoms with Gasteiger partial charge in [0.15, 0.2) is 5.82 Å². The molecular formula is C16H22BrN5O2. The quantitative estimate of drug-likeness (QED) is 0.800. The Morgan fingerprint density at radius 2 is 2.00 bits per heavy atom. The molecule has 1 saturated heterocycles. The number of nitrogens with two attached hydrogens (primary N) is 1. The third-order valence-electron chi connectivity index (χ3n) is 4.11. The normalized spacial score (nSPS) is 16.6. The Morgan fingerprint density at radius 3 is 2.62 bits per heavy atom. The molecule has 0 aromatic carbocycles. The fraction of sp³-hybridized carbons (Fsp3) is 0.562. The predicted molar refractivity (Wildman–Crippen MR) is 94.9 cm³/mol. The van der Waals surface area contributed by atoms with Crippen LogP contribution in [0.15, 0.2) is 16.9 Å². The summed E-state index contributed by atoms with van der Waals surface area (Å²) in [6.07, 6.45) is 1.50. The third-order valence-corrected chi connectivity index (χ3v) is 4.44. The summed E-state index contributed by atoms with van der Waals surface area (Å²) in [6.45, 7) is 6.99. The van der Waals surface area contributed by atoms with Gasteiger partial charge in [0.05, 0.1) is 0 Å². The van der Waals surface area contributed by atoms with Crippen LogP contribution in [-0.4, -0.2) is 44.3 Å². The number of ether oxygens (including phenoxy) is 1. The van der Waals surface area contributed by atoms with Crippen LogP contribution in [0.1, 0.15) is 45.2 Å². The minimum atomic E-state index is -0.466. The molecule has 0 spiro atoms. The number of likely N-dealkylation sites (tertiary alicyclic amines) is 1. The zero-order valence-electron chi connectivity index (χ0n) is 14.1. The maximum absolute atomic E-state index is 12.2. The minimum absolute atomic E-state index is 0.240. The van der Waals surface area contributed by atoms with E-state index in [2.05, 4.69) is 26.0 Å². The Balaban J connectivity index is 1.72. The molecular weight excluding hydrogens is 374 g/mol. The van der Waals surface area contributed by atoms with Crippen molar-refractivity contribution in [2.45, 2.75) is 45.1 Å². The number of carbonyl (C=O) groups is 1. The molecule has 2 N–H and O–H groups in total. The number of hydrogen-bond donors (Lipinski definition) is 1. The van der Waals surface area contributed by atoms with Crippen molar-refractivity contribution in [3.8, 4) is 0 Å². The monoisotopic (exact) mass is 395 g/mol. The maximum Gasteiger partial charge on any atom is 0.410 e. The first kappa shape index (κ1) is 17.0. The van der Waals surface area contributed by atoms with Gasteiger partial charge in [-0.05, 0) is 61.7 Å². The van der Waals surface area contributed by atoms with Crippen LogP contribution in [0.3, 0.4) is 0 Å². The van der Waals surface area contributed by atoms with Crippen LogP contribution in [0.25, 0.3) is 5.52 Å². The van der Waals surface area contributed by atoms with Gasteiger partial charge in [0.2, 0.25) is 4.73 Å². The molecule has 1 amide bonds. The van der Waals surface area contributed by atoms with Crippen LogP contribution in [-0.2, 0) is 4.74 Å². The molecule has 0 bridgehead atoms. The van der Waals surface area contributed by atoms with Gasteiger partial charge in [0.25, 0.3) is 0 Å². The van der Waals surface area contributed by atoms with Gasteiger partial charge in [0.1, 0.15) is 11.1 Å². The van der Waals surface area contributed by atoms with Gasteiger partial charge in [-0.1, -0.05) is 0 Å². The highest BCUT2D eigenvalue weighted by Crippen LogP contribution is 2.30. The molecule has 0 atom stereocenters. The van der Waals surface area contributed by atoms with Gasteiger partial charge in [-0.3, -0.25) is 0 Å². The molecule has 1 fully saturated rings. The lowest BCUT2D eigenvalue weighted by atomic mass is 9.94. The number of hydrogen-bond acceptors (Lipinski definition) is 5. The molecule has 0 aliphatic carbocycles. The van der Waals surface area contributed by atoms with Gasteiger partial charge in [-0.2, -0.15) is 0 Å². The Bertz CT molecular complexity index is 760. The van der Waals surface area contributed by atoms with E-state index in [9.17, 15) is 4.79 Å². The summed E-state index contributed by atoms with van der Waals surface area (Å²) < 4.78 is 7.76. The number of fused-ring (bicyclic) bond motifs is 1. The van der Waals surface area contributed by atoms with E-state index in [1.54, 1.807) is 4.90 Å². The van der Waals surface area contributed by atoms with Crippen molar-refractivity contribution < 1.29 is 9.53 Å². The molecule has 130 valence electrons. The van der Waals surface area contributed by atoms with Crippen LogP contribution < -0.4 is 5.73 Å². The number of anilines is 1. The van der Waals surface area contributed by atoms with E-state index in [4.69, 9.17) is 10.5 Å². The largest absolute Gasteiger partial charge is 0.444 e. The average molecular weight is 396 g/mol. The molecule has 0 unspecified atom stereocenters. The van der Waals surface area contributed by atoms with Crippen molar-refractivity contribution >= 4 is 33.4 Å². The van der Waals surface area contributed by atoms with Crippen molar-refractivity contribution in [1.29, 1.82) is 0 Å². The second kappa shape index (κ2) is 6.23. The smallest absolute Gasteiger partial charge is 0.410 e. The van der Waals surface area contributed by atoms with E-state index in [0.29, 0.717) is 29.6 Å². The van der Waals surface area contributed by atoms with Crippen LogP contribution in [0, 0.1) is 0 Å². The van der Waals surface area contributed by atoms with Gasteiger partial charge in [-0.25, -0.2) is 14.3 Å². The van der Waals surface area contributed by atoms with E-state index < -0.39 is 5.60 Å². The number of halogens is 1. The lowest BCUT2D eigenvalue weighted by Crippen LogP contribution is -2.41. The summed E-state index contributed by atoms with van der Waals surface area (Å²) in [5, 5.41) is 4.41. The number of aromatic nitrogens is 3. The average Bonchev–Trinajstić information content (AvgIpc) is 2.89. The molecule has 0 saturated carbocycles. The van der Waals surface area contributed by atoms with E-state index in [-0.39, 0.29) is 6.09 Å². The summed E-state index contributed by atoms with van der Waals surface area (Å²) >= 11 is 3.29. The van der Waals surface area contributed by atoms with Crippen LogP contribution in [0.4, 0.5) is 10.6 Å². The van der Waals surface area contributed by atoms with Gasteiger partial charge in [-0.15, -0.1) is 5.10 Å². The zero-order chi connectivity index (χ0) is 17.5. The topological polar surface area (TPSA) is 85.8 Å². The number of carbonyl (C=O) groups excluding carboxylic acids is 1. The van der Waals surface area contributed by atoms with Crippen LogP contribution in [0.5, 0.6) is 0 Å². The Labute approximate surface area is 149 Å². The Morgan fingerprint density at radius 1 is 1.33 bits per heavy atom. The first-order chi connectivity index (χ1) is 11.2. The summed E-state index contributed by atoms with van der Waals surface area (Å²) in [5.74, 6) is 0.779. The maximum atomic E-state index is 12.2. The Kier molecular flexibility index (Phi) is 4.42. The van der Waals surface area contributed by atoms with Crippen molar-refractivity contribution in [3.05, 3.63) is 22.6 Å². The van der Waals surface area contributed by atoms with Crippen molar-refractivity contribution in [1.82, 2.24) is 19.5 Å². The molecule has 1 aliphatic heterocycles. The summed E-state index contributed by atoms with van der Waals surface area (Å²) in [6, 6.07) is 3.98. The number of piperidine rings is 1. The molecule has 7 nitrogen and oxygen atoms in total. The van der Waals surface area contributed by atoms with Crippen molar-refractivity contribution in [3.63, 3.8) is 0 Å². The summed E-state index contributed by atoms with van der Waals surface area (Å²) in [7, 11) is 0. The summed E-state index contributed by atoms with van der Waals surface area (Å²) in [5.41, 5.74) is 7.39. The highest BCUT2D eigenvalue weighted by molar-refractivity contribution is 9.10. The second-order valence-corrected chi connectivity index (χ2v) is 7.77. The predicted octanol–water partition coefficient (Wildman–Crippen LogP) is 3.19. The molecule has 1 aliphatic rings. The molecule has 8 heteroatoms. The number of nitrogens with zero attached hydrogens (tertiary/aromatic N) is 4. The molecule has 2 aromatic heterocycles. The first-order valence-electron chi connectivity index (χ1n) is 8.03. The SMILES string of the molecule is CC(C)(C)OC(=O)N1CCC(c2ccc3c(N)nc(Br)nn23)CC1. The zero-order valence-corrected chi connectivity index (χ0v) is 15.7. The molecule has 0 radical (unpaired) electrons. The minimum Gasteiger partial charge on any atom is -0.444 e. The van der Waals surface area contributed by atoms with Crippen LogP contribution >= 0.6 is 15.9 Å². The highest BCUT2D eigenvalue weighted by Gasteiger charge is 2.29. The summed E-state index contributed by atoms with van der Waals surface area (Å²) in [4.78, 5) is 18.1. The number of amides is 1. The van der Waals surface area contributed by atoms with Gasteiger partial charge in [0, 0.05) is 24.7 Å². The standard InChI is InChI=1S/C16H22BrN5O2/c1-16(2,3)24-15(23)21-8-6-10(7-9-21)11-4-5-12-13(18)19-14(17)20-22(11)12/h4-5,10H,6-9H2,1-3H3,(H2,18,19,20). The van der Waals surface area contributed by atoms with E-state index in [1.165, 1.54) is 0 Å². The lowest BCUT2D eigenvalue weighted by Gasteiger charge is -2.33. The van der Waals surface area contributed by atoms with Crippen molar-refractivity contribution in [2.24, 2.45) is 0 Å².